The highest BCUT2D eigenvalue weighted by atomic mass is 16.7. The van der Waals surface area contributed by atoms with E-state index in [4.69, 9.17) is 14.7 Å². The van der Waals surface area contributed by atoms with Gasteiger partial charge in [0.25, 0.3) is 17.7 Å². The molecule has 0 bridgehead atoms. The third-order valence-corrected chi connectivity index (χ3v) is 9.43. The fraction of sp³-hybridized carbons (Fsp3) is 0.368. The van der Waals surface area contributed by atoms with E-state index in [1.54, 1.807) is 0 Å². The van der Waals surface area contributed by atoms with Crippen LogP contribution in [0.4, 0.5) is 5.82 Å². The van der Waals surface area contributed by atoms with Crippen molar-refractivity contribution in [3.63, 3.8) is 0 Å². The van der Waals surface area contributed by atoms with Crippen molar-refractivity contribution < 1.29 is 77.3 Å². The van der Waals surface area contributed by atoms with E-state index in [-0.39, 0.29) is 67.1 Å². The molecule has 0 radical (unpaired) electrons. The number of rotatable bonds is 18. The van der Waals surface area contributed by atoms with Gasteiger partial charge in [0.05, 0.1) is 30.2 Å². The lowest BCUT2D eigenvalue weighted by molar-refractivity contribution is -0.197. The van der Waals surface area contributed by atoms with E-state index in [9.17, 15) is 62.6 Å². The zero-order chi connectivity index (χ0) is 45.1. The van der Waals surface area contributed by atoms with Gasteiger partial charge in [-0.25, -0.2) is 14.6 Å². The normalized spacial score (nSPS) is 17.4. The van der Waals surface area contributed by atoms with Crippen molar-refractivity contribution in [2.24, 2.45) is 5.10 Å². The Kier molecular flexibility index (Phi) is 14.8. The third-order valence-electron chi connectivity index (χ3n) is 9.43. The molecule has 6 amide bonds. The highest BCUT2D eigenvalue weighted by molar-refractivity contribution is 6.13. The molecule has 3 heterocycles. The fourth-order valence-corrected chi connectivity index (χ4v) is 6.31. The molecule has 326 valence electrons. The van der Waals surface area contributed by atoms with Gasteiger partial charge in [-0.3, -0.25) is 53.4 Å². The predicted molar refractivity (Wildman–Crippen MR) is 203 cm³/mol. The summed E-state index contributed by atoms with van der Waals surface area (Å²) in [6.07, 6.45) is -0.947. The maximum atomic E-state index is 13.7. The average Bonchev–Trinajstić information content (AvgIpc) is 3.95. The molecular formula is C38H38N8O16. The second-order valence-corrected chi connectivity index (χ2v) is 13.9. The van der Waals surface area contributed by atoms with Crippen LogP contribution in [0.2, 0.25) is 0 Å². The van der Waals surface area contributed by atoms with Gasteiger partial charge >= 0.3 is 23.9 Å². The largest absolute Gasteiger partial charge is 0.481 e. The van der Waals surface area contributed by atoms with Crippen LogP contribution in [0.5, 0.6) is 0 Å². The van der Waals surface area contributed by atoms with Crippen LogP contribution in [0.1, 0.15) is 77.6 Å². The molecular weight excluding hydrogens is 824 g/mol. The molecule has 1 aromatic heterocycles. The molecule has 1 aliphatic carbocycles. The summed E-state index contributed by atoms with van der Waals surface area (Å²) in [5.74, 6) is -11.5. The van der Waals surface area contributed by atoms with Gasteiger partial charge in [-0.2, -0.15) is 5.10 Å². The molecule has 3 unspecified atom stereocenters. The number of ketones is 2. The molecule has 2 aromatic rings. The first-order valence-electron chi connectivity index (χ1n) is 18.8. The summed E-state index contributed by atoms with van der Waals surface area (Å²) < 4.78 is 5.04. The third kappa shape index (κ3) is 11.9. The van der Waals surface area contributed by atoms with Crippen LogP contribution < -0.4 is 21.4 Å². The molecule has 2 saturated heterocycles. The van der Waals surface area contributed by atoms with E-state index in [0.29, 0.717) is 5.56 Å². The molecule has 24 heteroatoms. The zero-order valence-corrected chi connectivity index (χ0v) is 32.4. The number of aromatic nitrogens is 1. The molecule has 3 fully saturated rings. The number of hydrogen-bond acceptors (Lipinski definition) is 17. The number of amides is 6. The molecule has 3 atom stereocenters. The van der Waals surface area contributed by atoms with Crippen LogP contribution in [0.15, 0.2) is 47.7 Å². The highest BCUT2D eigenvalue weighted by Gasteiger charge is 2.41. The Balaban J connectivity index is 1.17. The molecule has 24 nitrogen and oxygen atoms in total. The van der Waals surface area contributed by atoms with E-state index < -0.39 is 115 Å². The van der Waals surface area contributed by atoms with Gasteiger partial charge in [-0.1, -0.05) is 12.1 Å². The molecule has 5 rings (SSSR count). The Bertz CT molecular complexity index is 2180. The Hall–Kier alpha value is -7.92. The lowest BCUT2D eigenvalue weighted by Gasteiger charge is -2.29. The summed E-state index contributed by atoms with van der Waals surface area (Å²) in [6.45, 7) is -0.989. The molecule has 0 spiro atoms. The lowest BCUT2D eigenvalue weighted by atomic mass is 10.1. The molecule has 6 N–H and O–H groups in total. The maximum Gasteiger partial charge on any atom is 0.339 e. The number of esters is 1. The number of nitrogens with one attached hydrogen (secondary N) is 4. The van der Waals surface area contributed by atoms with Gasteiger partial charge < -0.3 is 40.6 Å². The van der Waals surface area contributed by atoms with Crippen LogP contribution >= 0.6 is 0 Å². The number of ether oxygens (including phenoxy) is 1. The van der Waals surface area contributed by atoms with E-state index in [0.717, 1.165) is 11.1 Å². The van der Waals surface area contributed by atoms with Gasteiger partial charge in [-0.15, -0.1) is 5.06 Å². The van der Waals surface area contributed by atoms with Crippen molar-refractivity contribution in [2.45, 2.75) is 75.6 Å². The first kappa shape index (κ1) is 45.2. The number of imide groups is 1. The number of hydrazone groups is 1. The van der Waals surface area contributed by atoms with Crippen molar-refractivity contribution in [1.29, 1.82) is 0 Å². The van der Waals surface area contributed by atoms with Crippen molar-refractivity contribution in [1.82, 2.24) is 30.9 Å². The van der Waals surface area contributed by atoms with Crippen LogP contribution in [-0.2, 0) is 57.5 Å². The number of carbonyl (C=O) groups excluding carboxylic acids is 10. The minimum absolute atomic E-state index is 0.00351. The van der Waals surface area contributed by atoms with Crippen molar-refractivity contribution in [3.8, 4) is 0 Å². The molecule has 62 heavy (non-hydrogen) atoms. The average molecular weight is 863 g/mol. The number of likely N-dealkylation sites (tertiary alicyclic amines) is 1. The topological polar surface area (TPSA) is 344 Å². The quantitative estimate of drug-likeness (QED) is 0.0318. The zero-order valence-electron chi connectivity index (χ0n) is 32.4. The summed E-state index contributed by atoms with van der Waals surface area (Å²) in [6, 6.07) is 3.68. The van der Waals surface area contributed by atoms with Gasteiger partial charge in [0.1, 0.15) is 30.5 Å². The fourth-order valence-electron chi connectivity index (χ4n) is 6.31. The summed E-state index contributed by atoms with van der Waals surface area (Å²) in [4.78, 5) is 158. The minimum Gasteiger partial charge on any atom is -0.481 e. The van der Waals surface area contributed by atoms with Crippen LogP contribution in [-0.4, -0.2) is 140 Å². The molecule has 3 aliphatic rings. The van der Waals surface area contributed by atoms with E-state index >= 15 is 0 Å². The Morgan fingerprint density at radius 3 is 2.10 bits per heavy atom. The number of benzene rings is 1. The first-order chi connectivity index (χ1) is 29.5. The van der Waals surface area contributed by atoms with Crippen molar-refractivity contribution >= 4 is 82.9 Å². The summed E-state index contributed by atoms with van der Waals surface area (Å²) in [7, 11) is 0. The highest BCUT2D eigenvalue weighted by Crippen LogP contribution is 2.21. The van der Waals surface area contributed by atoms with Crippen LogP contribution in [0, 0.1) is 0 Å². The van der Waals surface area contributed by atoms with E-state index in [1.165, 1.54) is 42.6 Å². The van der Waals surface area contributed by atoms with E-state index in [1.807, 2.05) is 5.32 Å². The van der Waals surface area contributed by atoms with Gasteiger partial charge in [0, 0.05) is 38.4 Å². The number of hydrogen-bond donors (Lipinski definition) is 6. The van der Waals surface area contributed by atoms with Gasteiger partial charge in [-0.05, 0) is 42.7 Å². The SMILES string of the molecule is O=C(O)CNC(=O)C(CC(=O)ON1C(=O)CCC1=O)NC(=O)C1CCCN1C(=O)C(CC(=O)O)NC(=O)c1ccc(N/N=C/c2ccc(C(=O)OC3C(=O)CCC3=O)cc2)nc1. The predicted octanol–water partition coefficient (Wildman–Crippen LogP) is -1.77. The lowest BCUT2D eigenvalue weighted by Crippen LogP contribution is -2.57. The Morgan fingerprint density at radius 1 is 0.823 bits per heavy atom. The number of hydroxylamine groups is 2. The monoisotopic (exact) mass is 862 g/mol. The molecule has 1 saturated carbocycles. The Labute approximate surface area is 349 Å². The standard InChI is InChI=1S/C38H38N8O16/c47-25-8-9-26(48)33(25)61-38(60)20-5-3-19(4-6-20)16-41-44-27-10-7-21(17-39-27)34(56)43-23(14-30(51)52)37(59)45-13-1-2-24(45)36(58)42-22(35(57)40-18-31(53)54)15-32(55)62-46-28(49)11-12-29(46)50/h3-7,10,16-17,22-24,33H,1-2,8-9,11-15,18H2,(H,39,44)(H,40,57)(H,42,58)(H,43,56)(H,51,52)(H,53,54)/b41-16+. The number of carboxylic acids is 2. The van der Waals surface area contributed by atoms with Crippen molar-refractivity contribution in [2.75, 3.05) is 18.5 Å². The maximum absolute atomic E-state index is 13.7. The Morgan fingerprint density at radius 2 is 1.48 bits per heavy atom. The van der Waals surface area contributed by atoms with Gasteiger partial charge in [0.15, 0.2) is 11.6 Å². The summed E-state index contributed by atoms with van der Waals surface area (Å²) >= 11 is 0. The molecule has 2 aliphatic heterocycles. The van der Waals surface area contributed by atoms with Crippen LogP contribution in [0.25, 0.3) is 0 Å². The number of Topliss-reactive ketones (excluding diaryl/α,β-unsaturated/α-hetero) is 2. The van der Waals surface area contributed by atoms with Crippen LogP contribution in [0.3, 0.4) is 0 Å². The first-order valence-corrected chi connectivity index (χ1v) is 18.8. The smallest absolute Gasteiger partial charge is 0.339 e. The number of nitrogens with zero attached hydrogens (tertiary/aromatic N) is 4. The number of carboxylic acid groups (broad SMARTS) is 2. The molecule has 1 aromatic carbocycles. The second kappa shape index (κ2) is 20.4. The number of pyridine rings is 1. The number of anilines is 1. The summed E-state index contributed by atoms with van der Waals surface area (Å²) in [5, 5.41) is 29.4. The summed E-state index contributed by atoms with van der Waals surface area (Å²) in [5.41, 5.74) is 3.17. The van der Waals surface area contributed by atoms with E-state index in [2.05, 4.69) is 26.1 Å². The number of aliphatic carboxylic acids is 2. The van der Waals surface area contributed by atoms with Gasteiger partial charge in [0.2, 0.25) is 23.8 Å². The second-order valence-electron chi connectivity index (χ2n) is 13.9. The number of carbonyl (C=O) groups is 12. The minimum atomic E-state index is -1.81. The van der Waals surface area contributed by atoms with Crippen molar-refractivity contribution in [3.05, 3.63) is 59.3 Å².